The van der Waals surface area contributed by atoms with Crippen LogP contribution in [0.4, 0.5) is 0 Å². The Morgan fingerprint density at radius 3 is 2.78 bits per heavy atom. The van der Waals surface area contributed by atoms with Crippen LogP contribution in [0.3, 0.4) is 0 Å². The normalized spacial score (nSPS) is 28.6. The molecule has 1 saturated carbocycles. The lowest BCUT2D eigenvalue weighted by atomic mass is 9.78. The lowest BCUT2D eigenvalue weighted by molar-refractivity contribution is 0.0755. The molecule has 98 valence electrons. The molecule has 1 aromatic carbocycles. The Balaban J connectivity index is 1.74. The molecule has 1 unspecified atom stereocenters. The number of aliphatic hydroxyl groups excluding tert-OH is 1. The highest BCUT2D eigenvalue weighted by Crippen LogP contribution is 2.38. The number of rotatable bonds is 2. The maximum Gasteiger partial charge on any atom is 0.122 e. The molecule has 1 atom stereocenters. The lowest BCUT2D eigenvalue weighted by Crippen LogP contribution is -2.19. The molecular weight excluding hydrogens is 224 g/mol. The van der Waals surface area contributed by atoms with Gasteiger partial charge in [0.1, 0.15) is 5.75 Å². The van der Waals surface area contributed by atoms with Crippen LogP contribution in [-0.2, 0) is 6.42 Å². The van der Waals surface area contributed by atoms with Crippen LogP contribution in [0.2, 0.25) is 0 Å². The van der Waals surface area contributed by atoms with Gasteiger partial charge in [0.2, 0.25) is 0 Å². The van der Waals surface area contributed by atoms with Crippen molar-refractivity contribution in [3.63, 3.8) is 0 Å². The second-order valence-electron chi connectivity index (χ2n) is 5.93. The molecule has 0 aromatic heterocycles. The largest absolute Gasteiger partial charge is 0.493 e. The molecule has 2 nitrogen and oxygen atoms in total. The van der Waals surface area contributed by atoms with Crippen LogP contribution in [0.1, 0.15) is 49.8 Å². The van der Waals surface area contributed by atoms with Crippen LogP contribution in [-0.4, -0.2) is 11.7 Å². The van der Waals surface area contributed by atoms with Crippen molar-refractivity contribution in [2.45, 2.75) is 45.1 Å². The Bertz CT molecular complexity index is 419. The summed E-state index contributed by atoms with van der Waals surface area (Å²) in [4.78, 5) is 0. The number of hydrogen-bond donors (Lipinski definition) is 1. The summed E-state index contributed by atoms with van der Waals surface area (Å²) in [5.74, 6) is 2.28. The van der Waals surface area contributed by atoms with E-state index in [4.69, 9.17) is 4.74 Å². The first-order chi connectivity index (χ1) is 8.74. The van der Waals surface area contributed by atoms with E-state index in [-0.39, 0.29) is 6.10 Å². The molecule has 0 amide bonds. The van der Waals surface area contributed by atoms with Gasteiger partial charge in [-0.15, -0.1) is 0 Å². The molecule has 1 heterocycles. The van der Waals surface area contributed by atoms with Gasteiger partial charge in [0, 0.05) is 6.42 Å². The third kappa shape index (κ3) is 2.26. The van der Waals surface area contributed by atoms with Crippen LogP contribution in [0, 0.1) is 11.8 Å². The summed E-state index contributed by atoms with van der Waals surface area (Å²) in [6.45, 7) is 3.10. The Labute approximate surface area is 109 Å². The molecule has 1 aliphatic carbocycles. The summed E-state index contributed by atoms with van der Waals surface area (Å²) >= 11 is 0. The minimum atomic E-state index is -0.289. The molecule has 1 aromatic rings. The molecule has 3 rings (SSSR count). The summed E-state index contributed by atoms with van der Waals surface area (Å²) in [5, 5.41) is 10.5. The van der Waals surface area contributed by atoms with Gasteiger partial charge in [-0.25, -0.2) is 0 Å². The van der Waals surface area contributed by atoms with Crippen molar-refractivity contribution in [2.75, 3.05) is 6.61 Å². The number of benzene rings is 1. The van der Waals surface area contributed by atoms with Gasteiger partial charge >= 0.3 is 0 Å². The second-order valence-corrected chi connectivity index (χ2v) is 5.93. The van der Waals surface area contributed by atoms with Gasteiger partial charge in [-0.2, -0.15) is 0 Å². The van der Waals surface area contributed by atoms with Crippen molar-refractivity contribution in [2.24, 2.45) is 11.8 Å². The molecule has 1 N–H and O–H groups in total. The zero-order valence-corrected chi connectivity index (χ0v) is 11.1. The van der Waals surface area contributed by atoms with E-state index < -0.39 is 0 Å². The topological polar surface area (TPSA) is 29.5 Å². The van der Waals surface area contributed by atoms with Crippen molar-refractivity contribution in [3.05, 3.63) is 29.3 Å². The van der Waals surface area contributed by atoms with Crippen LogP contribution in [0.5, 0.6) is 5.75 Å². The van der Waals surface area contributed by atoms with E-state index in [0.29, 0.717) is 5.92 Å². The van der Waals surface area contributed by atoms with Crippen LogP contribution >= 0.6 is 0 Å². The molecule has 0 bridgehead atoms. The highest BCUT2D eigenvalue weighted by atomic mass is 16.5. The first kappa shape index (κ1) is 12.0. The van der Waals surface area contributed by atoms with E-state index in [0.717, 1.165) is 43.1 Å². The van der Waals surface area contributed by atoms with Crippen molar-refractivity contribution >= 4 is 0 Å². The fraction of sp³-hybridized carbons (Fsp3) is 0.625. The summed E-state index contributed by atoms with van der Waals surface area (Å²) < 4.78 is 5.51. The second kappa shape index (κ2) is 4.93. The van der Waals surface area contributed by atoms with Gasteiger partial charge in [0.25, 0.3) is 0 Å². The average molecular weight is 246 g/mol. The highest BCUT2D eigenvalue weighted by Gasteiger charge is 2.26. The van der Waals surface area contributed by atoms with Gasteiger partial charge in [-0.3, -0.25) is 0 Å². The lowest BCUT2D eigenvalue weighted by Gasteiger charge is -2.30. The molecule has 1 aliphatic heterocycles. The Morgan fingerprint density at radius 1 is 1.22 bits per heavy atom. The SMILES string of the molecule is CC1CCC(C(O)c2ccc3c(c2)CCO3)CC1. The average Bonchev–Trinajstić information content (AvgIpc) is 2.86. The fourth-order valence-electron chi connectivity index (χ4n) is 3.26. The Kier molecular flexibility index (Phi) is 3.29. The molecule has 2 heteroatoms. The molecule has 2 aliphatic rings. The van der Waals surface area contributed by atoms with E-state index in [1.54, 1.807) is 0 Å². The van der Waals surface area contributed by atoms with E-state index in [9.17, 15) is 5.11 Å². The van der Waals surface area contributed by atoms with Crippen molar-refractivity contribution in [3.8, 4) is 5.75 Å². The number of fused-ring (bicyclic) bond motifs is 1. The quantitative estimate of drug-likeness (QED) is 0.865. The Morgan fingerprint density at radius 2 is 2.00 bits per heavy atom. The van der Waals surface area contributed by atoms with Crippen LogP contribution in [0.25, 0.3) is 0 Å². The predicted octanol–water partition coefficient (Wildman–Crippen LogP) is 3.48. The van der Waals surface area contributed by atoms with E-state index in [1.807, 2.05) is 12.1 Å². The maximum absolute atomic E-state index is 10.5. The van der Waals surface area contributed by atoms with Crippen LogP contribution in [0.15, 0.2) is 18.2 Å². The molecule has 0 saturated heterocycles. The van der Waals surface area contributed by atoms with Gasteiger partial charge in [-0.05, 0) is 47.9 Å². The van der Waals surface area contributed by atoms with Gasteiger partial charge in [0.15, 0.2) is 0 Å². The van der Waals surface area contributed by atoms with E-state index in [1.165, 1.54) is 18.4 Å². The minimum Gasteiger partial charge on any atom is -0.493 e. The molecule has 1 fully saturated rings. The minimum absolute atomic E-state index is 0.289. The zero-order chi connectivity index (χ0) is 12.5. The third-order valence-electron chi connectivity index (χ3n) is 4.56. The first-order valence-electron chi connectivity index (χ1n) is 7.17. The monoisotopic (exact) mass is 246 g/mol. The van der Waals surface area contributed by atoms with Gasteiger partial charge in [0.05, 0.1) is 12.7 Å². The maximum atomic E-state index is 10.5. The summed E-state index contributed by atoms with van der Waals surface area (Å²) in [6.07, 6.45) is 5.54. The standard InChI is InChI=1S/C16H22O2/c1-11-2-4-12(5-3-11)16(17)14-6-7-15-13(10-14)8-9-18-15/h6-7,10-12,16-17H,2-5,8-9H2,1H3. The van der Waals surface area contributed by atoms with Crippen molar-refractivity contribution in [1.82, 2.24) is 0 Å². The molecule has 18 heavy (non-hydrogen) atoms. The number of ether oxygens (including phenoxy) is 1. The van der Waals surface area contributed by atoms with Crippen LogP contribution < -0.4 is 4.74 Å². The van der Waals surface area contributed by atoms with Crippen molar-refractivity contribution < 1.29 is 9.84 Å². The summed E-state index contributed by atoms with van der Waals surface area (Å²) in [5.41, 5.74) is 2.34. The summed E-state index contributed by atoms with van der Waals surface area (Å²) in [6, 6.07) is 6.20. The smallest absolute Gasteiger partial charge is 0.122 e. The van der Waals surface area contributed by atoms with Gasteiger partial charge in [-0.1, -0.05) is 25.8 Å². The van der Waals surface area contributed by atoms with E-state index in [2.05, 4.69) is 13.0 Å². The number of hydrogen-bond acceptors (Lipinski definition) is 2. The molecule has 0 radical (unpaired) electrons. The highest BCUT2D eigenvalue weighted by molar-refractivity contribution is 5.40. The predicted molar refractivity (Wildman–Crippen MR) is 71.7 cm³/mol. The zero-order valence-electron chi connectivity index (χ0n) is 11.1. The molecular formula is C16H22O2. The van der Waals surface area contributed by atoms with Crippen molar-refractivity contribution in [1.29, 1.82) is 0 Å². The fourth-order valence-corrected chi connectivity index (χ4v) is 3.26. The van der Waals surface area contributed by atoms with Gasteiger partial charge < -0.3 is 9.84 Å². The first-order valence-corrected chi connectivity index (χ1v) is 7.17. The third-order valence-corrected chi connectivity index (χ3v) is 4.56. The Hall–Kier alpha value is -1.02. The number of aliphatic hydroxyl groups is 1. The van der Waals surface area contributed by atoms with E-state index >= 15 is 0 Å². The summed E-state index contributed by atoms with van der Waals surface area (Å²) in [7, 11) is 0. The molecule has 0 spiro atoms.